The topological polar surface area (TPSA) is 89.4 Å². The molecule has 0 fully saturated rings. The molecule has 23 heavy (non-hydrogen) atoms. The number of primary amides is 1. The standard InChI is InChI=1S/C17H17N3O2S/c18-14(21)10-20-12-8-4-5-9-13(12)23-16(15(19)17(20)22)11-6-2-1-3-7-11/h1-9,15-16H,10,19H2,(H2,18,21)/t15-,16-/m0/s1. The van der Waals surface area contributed by atoms with Crippen molar-refractivity contribution in [1.29, 1.82) is 0 Å². The highest BCUT2D eigenvalue weighted by Crippen LogP contribution is 2.44. The molecule has 0 aromatic heterocycles. The third-order valence-corrected chi connectivity index (χ3v) is 5.15. The fourth-order valence-electron chi connectivity index (χ4n) is 2.66. The Labute approximate surface area is 138 Å². The van der Waals surface area contributed by atoms with Crippen molar-refractivity contribution >= 4 is 29.3 Å². The molecule has 0 saturated carbocycles. The first-order chi connectivity index (χ1) is 11.1. The third kappa shape index (κ3) is 3.09. The molecule has 3 rings (SSSR count). The van der Waals surface area contributed by atoms with E-state index in [0.717, 1.165) is 10.5 Å². The van der Waals surface area contributed by atoms with Crippen LogP contribution in [0.1, 0.15) is 10.8 Å². The van der Waals surface area contributed by atoms with Crippen molar-refractivity contribution in [2.45, 2.75) is 16.2 Å². The summed E-state index contributed by atoms with van der Waals surface area (Å²) in [7, 11) is 0. The molecule has 0 bridgehead atoms. The third-order valence-electron chi connectivity index (χ3n) is 3.73. The van der Waals surface area contributed by atoms with Crippen LogP contribution < -0.4 is 16.4 Å². The number of amides is 2. The van der Waals surface area contributed by atoms with E-state index in [1.54, 1.807) is 0 Å². The van der Waals surface area contributed by atoms with Gasteiger partial charge < -0.3 is 16.4 Å². The van der Waals surface area contributed by atoms with Crippen molar-refractivity contribution in [3.8, 4) is 0 Å². The molecule has 118 valence electrons. The van der Waals surface area contributed by atoms with E-state index in [0.29, 0.717) is 5.69 Å². The summed E-state index contributed by atoms with van der Waals surface area (Å²) in [6.45, 7) is -0.175. The summed E-state index contributed by atoms with van der Waals surface area (Å²) in [6.07, 6.45) is 0. The van der Waals surface area contributed by atoms with Gasteiger partial charge in [-0.25, -0.2) is 0 Å². The zero-order valence-corrected chi connectivity index (χ0v) is 13.2. The number of fused-ring (bicyclic) bond motifs is 1. The summed E-state index contributed by atoms with van der Waals surface area (Å²) in [5.41, 5.74) is 13.2. The lowest BCUT2D eigenvalue weighted by Gasteiger charge is -2.24. The number of anilines is 1. The Balaban J connectivity index is 2.07. The number of thioether (sulfide) groups is 1. The van der Waals surface area contributed by atoms with Crippen molar-refractivity contribution in [3.63, 3.8) is 0 Å². The zero-order valence-electron chi connectivity index (χ0n) is 12.4. The van der Waals surface area contributed by atoms with E-state index in [9.17, 15) is 9.59 Å². The lowest BCUT2D eigenvalue weighted by atomic mass is 10.0. The van der Waals surface area contributed by atoms with Crippen LogP contribution in [0.15, 0.2) is 59.5 Å². The molecule has 1 heterocycles. The molecule has 2 aromatic rings. The Morgan fingerprint density at radius 1 is 1.09 bits per heavy atom. The molecule has 0 spiro atoms. The predicted octanol–water partition coefficient (Wildman–Crippen LogP) is 1.68. The fraction of sp³-hybridized carbons (Fsp3) is 0.176. The van der Waals surface area contributed by atoms with Crippen LogP contribution in [0, 0.1) is 0 Å². The summed E-state index contributed by atoms with van der Waals surface area (Å²) in [5.74, 6) is -0.862. The van der Waals surface area contributed by atoms with Crippen LogP contribution in [0.25, 0.3) is 0 Å². The van der Waals surface area contributed by atoms with Gasteiger partial charge in [-0.15, -0.1) is 11.8 Å². The van der Waals surface area contributed by atoms with Gasteiger partial charge in [0.25, 0.3) is 0 Å². The average molecular weight is 327 g/mol. The average Bonchev–Trinajstić information content (AvgIpc) is 2.66. The largest absolute Gasteiger partial charge is 0.368 e. The van der Waals surface area contributed by atoms with Crippen LogP contribution >= 0.6 is 11.8 Å². The molecule has 2 amide bonds. The van der Waals surface area contributed by atoms with E-state index < -0.39 is 11.9 Å². The van der Waals surface area contributed by atoms with E-state index >= 15 is 0 Å². The molecule has 1 aliphatic heterocycles. The minimum Gasteiger partial charge on any atom is -0.368 e. The van der Waals surface area contributed by atoms with Crippen molar-refractivity contribution in [3.05, 3.63) is 60.2 Å². The summed E-state index contributed by atoms with van der Waals surface area (Å²) in [6, 6.07) is 16.4. The number of rotatable bonds is 3. The molecular formula is C17H17N3O2S. The van der Waals surface area contributed by atoms with Crippen molar-refractivity contribution < 1.29 is 9.59 Å². The number of hydrogen-bond donors (Lipinski definition) is 2. The quantitative estimate of drug-likeness (QED) is 0.897. The van der Waals surface area contributed by atoms with Crippen LogP contribution in [-0.2, 0) is 9.59 Å². The Kier molecular flexibility index (Phi) is 4.36. The molecule has 0 unspecified atom stereocenters. The SMILES string of the molecule is NC(=O)CN1C(=O)[C@@H](N)[C@H](c2ccccc2)Sc2ccccc21. The maximum absolute atomic E-state index is 12.8. The van der Waals surface area contributed by atoms with Crippen molar-refractivity contribution in [2.24, 2.45) is 11.5 Å². The molecule has 2 atom stereocenters. The highest BCUT2D eigenvalue weighted by Gasteiger charge is 2.36. The Bertz CT molecular complexity index is 736. The smallest absolute Gasteiger partial charge is 0.245 e. The summed E-state index contributed by atoms with van der Waals surface area (Å²) in [4.78, 5) is 26.5. The molecule has 5 nitrogen and oxygen atoms in total. The number of nitrogens with two attached hydrogens (primary N) is 2. The number of hydrogen-bond acceptors (Lipinski definition) is 4. The van der Waals surface area contributed by atoms with Gasteiger partial charge in [0, 0.05) is 4.90 Å². The van der Waals surface area contributed by atoms with Gasteiger partial charge in [0.1, 0.15) is 12.6 Å². The Morgan fingerprint density at radius 2 is 1.74 bits per heavy atom. The second-order valence-corrected chi connectivity index (χ2v) is 6.52. The predicted molar refractivity (Wildman–Crippen MR) is 91.0 cm³/mol. The lowest BCUT2D eigenvalue weighted by molar-refractivity contribution is -0.123. The van der Waals surface area contributed by atoms with Gasteiger partial charge in [0.15, 0.2) is 0 Å². The highest BCUT2D eigenvalue weighted by molar-refractivity contribution is 7.99. The van der Waals surface area contributed by atoms with Crippen LogP contribution in [0.4, 0.5) is 5.69 Å². The molecule has 1 aliphatic rings. The van der Waals surface area contributed by atoms with Gasteiger partial charge in [0.05, 0.1) is 10.9 Å². The maximum Gasteiger partial charge on any atom is 0.245 e. The van der Waals surface area contributed by atoms with Crippen molar-refractivity contribution in [2.75, 3.05) is 11.4 Å². The minimum absolute atomic E-state index is 0.175. The minimum atomic E-state index is -0.755. The summed E-state index contributed by atoms with van der Waals surface area (Å²) >= 11 is 1.53. The molecule has 0 saturated heterocycles. The van der Waals surface area contributed by atoms with E-state index in [2.05, 4.69) is 0 Å². The Hall–Kier alpha value is -2.31. The molecule has 0 radical (unpaired) electrons. The second kappa shape index (κ2) is 6.44. The van der Waals surface area contributed by atoms with E-state index in [4.69, 9.17) is 11.5 Å². The van der Waals surface area contributed by atoms with Gasteiger partial charge >= 0.3 is 0 Å². The molecule has 6 heteroatoms. The van der Waals surface area contributed by atoms with Crippen LogP contribution in [-0.4, -0.2) is 24.4 Å². The van der Waals surface area contributed by atoms with Crippen LogP contribution in [0.2, 0.25) is 0 Å². The number of nitrogens with zero attached hydrogens (tertiary/aromatic N) is 1. The first-order valence-corrected chi connectivity index (χ1v) is 8.12. The van der Waals surface area contributed by atoms with Gasteiger partial charge in [-0.2, -0.15) is 0 Å². The van der Waals surface area contributed by atoms with E-state index in [1.807, 2.05) is 54.6 Å². The monoisotopic (exact) mass is 327 g/mol. The maximum atomic E-state index is 12.8. The van der Waals surface area contributed by atoms with E-state index in [-0.39, 0.29) is 17.7 Å². The number of carbonyl (C=O) groups is 2. The molecule has 0 aliphatic carbocycles. The number of benzene rings is 2. The van der Waals surface area contributed by atoms with Gasteiger partial charge in [-0.1, -0.05) is 42.5 Å². The van der Waals surface area contributed by atoms with Crippen LogP contribution in [0.5, 0.6) is 0 Å². The molecular weight excluding hydrogens is 310 g/mol. The van der Waals surface area contributed by atoms with Crippen molar-refractivity contribution in [1.82, 2.24) is 0 Å². The first-order valence-electron chi connectivity index (χ1n) is 7.24. The fourth-order valence-corrected chi connectivity index (χ4v) is 3.94. The zero-order chi connectivity index (χ0) is 16.4. The molecule has 2 aromatic carbocycles. The Morgan fingerprint density at radius 3 is 2.43 bits per heavy atom. The van der Waals surface area contributed by atoms with Gasteiger partial charge in [0.2, 0.25) is 11.8 Å². The van der Waals surface area contributed by atoms with Gasteiger partial charge in [-0.05, 0) is 17.7 Å². The first kappa shape index (κ1) is 15.6. The number of carbonyl (C=O) groups excluding carboxylic acids is 2. The summed E-state index contributed by atoms with van der Waals surface area (Å²) in [5, 5.41) is -0.220. The molecule has 4 N–H and O–H groups in total. The summed E-state index contributed by atoms with van der Waals surface area (Å²) < 4.78 is 0. The van der Waals surface area contributed by atoms with Crippen LogP contribution in [0.3, 0.4) is 0 Å². The van der Waals surface area contributed by atoms with Gasteiger partial charge in [-0.3, -0.25) is 9.59 Å². The lowest BCUT2D eigenvalue weighted by Crippen LogP contribution is -2.48. The second-order valence-electron chi connectivity index (χ2n) is 5.33. The normalized spacial score (nSPS) is 20.7. The number of para-hydroxylation sites is 1. The van der Waals surface area contributed by atoms with E-state index in [1.165, 1.54) is 16.7 Å². The highest BCUT2D eigenvalue weighted by atomic mass is 32.2.